The Bertz CT molecular complexity index is 110. The third-order valence-electron chi connectivity index (χ3n) is 2.37. The summed E-state index contributed by atoms with van der Waals surface area (Å²) >= 11 is 0. The summed E-state index contributed by atoms with van der Waals surface area (Å²) in [6, 6.07) is 0. The Morgan fingerprint density at radius 1 is 1.20 bits per heavy atom. The summed E-state index contributed by atoms with van der Waals surface area (Å²) in [4.78, 5) is 0. The molecule has 0 nitrogen and oxygen atoms in total. The van der Waals surface area contributed by atoms with Crippen molar-refractivity contribution in [3.63, 3.8) is 0 Å². The molecule has 1 saturated carbocycles. The molecule has 1 rings (SSSR count). The van der Waals surface area contributed by atoms with Crippen LogP contribution in [0, 0.1) is 5.92 Å². The minimum atomic E-state index is -2.38. The molecule has 0 spiro atoms. The molecule has 0 aromatic heterocycles. The standard InChI is InChI=1S/C8H14F2/c1-7-5-3-2-4-6-8(7,9)10/h7H,2-6H2,1H3. The smallest absolute Gasteiger partial charge is 0.207 e. The summed E-state index contributed by atoms with van der Waals surface area (Å²) in [5.41, 5.74) is 0. The van der Waals surface area contributed by atoms with E-state index < -0.39 is 11.8 Å². The van der Waals surface area contributed by atoms with Crippen molar-refractivity contribution in [2.24, 2.45) is 5.92 Å². The quantitative estimate of drug-likeness (QED) is 0.463. The fraction of sp³-hybridized carbons (Fsp3) is 1.00. The zero-order chi connectivity index (χ0) is 7.61. The van der Waals surface area contributed by atoms with Gasteiger partial charge < -0.3 is 0 Å². The van der Waals surface area contributed by atoms with Crippen LogP contribution in [0.25, 0.3) is 0 Å². The van der Waals surface area contributed by atoms with Crippen LogP contribution in [0.15, 0.2) is 0 Å². The van der Waals surface area contributed by atoms with E-state index in [4.69, 9.17) is 0 Å². The third-order valence-corrected chi connectivity index (χ3v) is 2.37. The van der Waals surface area contributed by atoms with E-state index in [9.17, 15) is 8.78 Å². The van der Waals surface area contributed by atoms with Crippen molar-refractivity contribution >= 4 is 0 Å². The van der Waals surface area contributed by atoms with Gasteiger partial charge in [0.1, 0.15) is 0 Å². The molecule has 0 bridgehead atoms. The van der Waals surface area contributed by atoms with Crippen LogP contribution in [0.2, 0.25) is 0 Å². The van der Waals surface area contributed by atoms with E-state index in [1.54, 1.807) is 6.92 Å². The molecule has 60 valence electrons. The van der Waals surface area contributed by atoms with E-state index in [2.05, 4.69) is 0 Å². The van der Waals surface area contributed by atoms with Gasteiger partial charge >= 0.3 is 0 Å². The topological polar surface area (TPSA) is 0 Å². The molecule has 1 fully saturated rings. The second-order valence-electron chi connectivity index (χ2n) is 3.26. The zero-order valence-corrected chi connectivity index (χ0v) is 6.37. The lowest BCUT2D eigenvalue weighted by Gasteiger charge is -2.19. The molecule has 2 heteroatoms. The van der Waals surface area contributed by atoms with E-state index in [1.165, 1.54) is 0 Å². The Labute approximate surface area is 60.6 Å². The molecule has 0 N–H and O–H groups in total. The Hall–Kier alpha value is -0.140. The van der Waals surface area contributed by atoms with Gasteiger partial charge in [0.15, 0.2) is 0 Å². The van der Waals surface area contributed by atoms with Gasteiger partial charge in [0, 0.05) is 12.3 Å². The SMILES string of the molecule is CC1CCCCCC1(F)F. The van der Waals surface area contributed by atoms with Crippen molar-refractivity contribution < 1.29 is 8.78 Å². The van der Waals surface area contributed by atoms with Crippen LogP contribution >= 0.6 is 0 Å². The minimum Gasteiger partial charge on any atom is -0.207 e. The largest absolute Gasteiger partial charge is 0.250 e. The fourth-order valence-corrected chi connectivity index (χ4v) is 1.45. The van der Waals surface area contributed by atoms with Gasteiger partial charge in [-0.1, -0.05) is 19.8 Å². The lowest BCUT2D eigenvalue weighted by Crippen LogP contribution is -2.23. The van der Waals surface area contributed by atoms with Crippen molar-refractivity contribution in [1.82, 2.24) is 0 Å². The highest BCUT2D eigenvalue weighted by Crippen LogP contribution is 2.36. The monoisotopic (exact) mass is 148 g/mol. The predicted octanol–water partition coefficient (Wildman–Crippen LogP) is 3.22. The van der Waals surface area contributed by atoms with E-state index in [-0.39, 0.29) is 6.42 Å². The summed E-state index contributed by atoms with van der Waals surface area (Å²) < 4.78 is 25.7. The number of hydrogen-bond acceptors (Lipinski definition) is 0. The first-order valence-corrected chi connectivity index (χ1v) is 4.01. The highest BCUT2D eigenvalue weighted by Gasteiger charge is 2.36. The number of rotatable bonds is 0. The number of alkyl halides is 2. The van der Waals surface area contributed by atoms with Crippen molar-refractivity contribution in [2.75, 3.05) is 0 Å². The fourth-order valence-electron chi connectivity index (χ4n) is 1.45. The van der Waals surface area contributed by atoms with Crippen LogP contribution in [0.4, 0.5) is 8.78 Å². The highest BCUT2D eigenvalue weighted by atomic mass is 19.3. The van der Waals surface area contributed by atoms with Gasteiger partial charge in [-0.2, -0.15) is 0 Å². The molecular formula is C8H14F2. The Morgan fingerprint density at radius 3 is 2.60 bits per heavy atom. The lowest BCUT2D eigenvalue weighted by atomic mass is 9.99. The van der Waals surface area contributed by atoms with E-state index in [1.807, 2.05) is 0 Å². The average molecular weight is 148 g/mol. The molecule has 1 aliphatic carbocycles. The Balaban J connectivity index is 2.52. The number of hydrogen-bond donors (Lipinski definition) is 0. The van der Waals surface area contributed by atoms with Gasteiger partial charge in [-0.15, -0.1) is 0 Å². The van der Waals surface area contributed by atoms with Crippen molar-refractivity contribution in [3.05, 3.63) is 0 Å². The Morgan fingerprint density at radius 2 is 1.90 bits per heavy atom. The molecule has 1 atom stereocenters. The van der Waals surface area contributed by atoms with Gasteiger partial charge in [-0.3, -0.25) is 0 Å². The Kier molecular flexibility index (Phi) is 2.27. The maximum atomic E-state index is 12.9. The van der Waals surface area contributed by atoms with E-state index >= 15 is 0 Å². The maximum absolute atomic E-state index is 12.9. The molecule has 0 aliphatic heterocycles. The van der Waals surface area contributed by atoms with Crippen LogP contribution in [-0.2, 0) is 0 Å². The highest BCUT2D eigenvalue weighted by molar-refractivity contribution is 4.76. The van der Waals surface area contributed by atoms with Crippen LogP contribution in [0.5, 0.6) is 0 Å². The van der Waals surface area contributed by atoms with Crippen molar-refractivity contribution in [3.8, 4) is 0 Å². The molecule has 1 aliphatic rings. The molecular weight excluding hydrogens is 134 g/mol. The first kappa shape index (κ1) is 7.96. The second kappa shape index (κ2) is 2.85. The molecule has 0 saturated heterocycles. The summed E-state index contributed by atoms with van der Waals surface area (Å²) in [5.74, 6) is -2.77. The van der Waals surface area contributed by atoms with Crippen LogP contribution < -0.4 is 0 Å². The van der Waals surface area contributed by atoms with Gasteiger partial charge in [0.25, 0.3) is 5.92 Å². The summed E-state index contributed by atoms with van der Waals surface area (Å²) in [5, 5.41) is 0. The van der Waals surface area contributed by atoms with Gasteiger partial charge in [-0.05, 0) is 12.8 Å². The van der Waals surface area contributed by atoms with E-state index in [0.717, 1.165) is 12.8 Å². The summed E-state index contributed by atoms with van der Waals surface area (Å²) in [6.45, 7) is 1.66. The molecule has 0 amide bonds. The number of halogens is 2. The van der Waals surface area contributed by atoms with Crippen molar-refractivity contribution in [2.45, 2.75) is 45.0 Å². The zero-order valence-electron chi connectivity index (χ0n) is 6.37. The molecule has 0 radical (unpaired) electrons. The molecule has 10 heavy (non-hydrogen) atoms. The van der Waals surface area contributed by atoms with Crippen LogP contribution in [-0.4, -0.2) is 5.92 Å². The first-order chi connectivity index (χ1) is 4.63. The molecule has 0 aromatic carbocycles. The lowest BCUT2D eigenvalue weighted by molar-refractivity contribution is -0.0565. The van der Waals surface area contributed by atoms with Crippen LogP contribution in [0.1, 0.15) is 39.0 Å². The van der Waals surface area contributed by atoms with Gasteiger partial charge in [0.05, 0.1) is 0 Å². The third kappa shape index (κ3) is 1.68. The minimum absolute atomic E-state index is 0.105. The predicted molar refractivity (Wildman–Crippen MR) is 37.2 cm³/mol. The van der Waals surface area contributed by atoms with Crippen molar-refractivity contribution in [1.29, 1.82) is 0 Å². The van der Waals surface area contributed by atoms with Gasteiger partial charge in [0.2, 0.25) is 0 Å². The van der Waals surface area contributed by atoms with Crippen LogP contribution in [0.3, 0.4) is 0 Å². The maximum Gasteiger partial charge on any atom is 0.250 e. The normalized spacial score (nSPS) is 33.3. The van der Waals surface area contributed by atoms with E-state index in [0.29, 0.717) is 12.8 Å². The molecule has 0 aromatic rings. The van der Waals surface area contributed by atoms with Gasteiger partial charge in [-0.25, -0.2) is 8.78 Å². The average Bonchev–Trinajstić information content (AvgIpc) is 1.96. The molecule has 1 unspecified atom stereocenters. The summed E-state index contributed by atoms with van der Waals surface area (Å²) in [7, 11) is 0. The second-order valence-corrected chi connectivity index (χ2v) is 3.26. The summed E-state index contributed by atoms with van der Waals surface area (Å²) in [6.07, 6.45) is 3.48. The molecule has 0 heterocycles. The first-order valence-electron chi connectivity index (χ1n) is 4.01.